The second kappa shape index (κ2) is 10.1. The van der Waals surface area contributed by atoms with Gasteiger partial charge in [-0.1, -0.05) is 0 Å². The van der Waals surface area contributed by atoms with E-state index in [4.69, 9.17) is 25.1 Å². The molecule has 0 saturated carbocycles. The molecule has 84 valence electrons. The second-order valence-electron chi connectivity index (χ2n) is 2.15. The Morgan fingerprint density at radius 1 is 0.765 bits per heavy atom. The van der Waals surface area contributed by atoms with Crippen molar-refractivity contribution in [2.45, 2.75) is 0 Å². The molecule has 0 aromatic rings. The summed E-state index contributed by atoms with van der Waals surface area (Å²) in [5.41, 5.74) is 0. The average molecular weight is 267 g/mol. The molecule has 0 radical (unpaired) electrons. The van der Waals surface area contributed by atoms with Crippen molar-refractivity contribution in [2.24, 2.45) is 0 Å². The first-order chi connectivity index (χ1) is 6.97. The summed E-state index contributed by atoms with van der Waals surface area (Å²) in [5, 5.41) is 31.4. The summed E-state index contributed by atoms with van der Waals surface area (Å²) in [6.45, 7) is 0. The molecule has 0 aromatic heterocycles. The SMILES string of the molecule is O=C(O)O.OB1OB2OB(O)OB(O1)O2.[NaH].[NaH]. The van der Waals surface area contributed by atoms with Crippen LogP contribution in [0.25, 0.3) is 0 Å². The molecule has 0 unspecified atom stereocenters. The van der Waals surface area contributed by atoms with Crippen LogP contribution in [0.1, 0.15) is 0 Å². The van der Waals surface area contributed by atoms with Gasteiger partial charge >= 0.3 is 94.6 Å². The van der Waals surface area contributed by atoms with Gasteiger partial charge in [-0.15, -0.1) is 0 Å². The first kappa shape index (κ1) is 20.6. The number of rotatable bonds is 0. The number of hydrogen-bond donors (Lipinski definition) is 4. The molecule has 17 heavy (non-hydrogen) atoms. The van der Waals surface area contributed by atoms with Crippen LogP contribution in [0.5, 0.6) is 0 Å². The van der Waals surface area contributed by atoms with E-state index in [0.717, 1.165) is 0 Å². The molecule has 2 fully saturated rings. The summed E-state index contributed by atoms with van der Waals surface area (Å²) >= 11 is 0. The van der Waals surface area contributed by atoms with Crippen molar-refractivity contribution in [3.8, 4) is 0 Å². The molecule has 0 aliphatic carbocycles. The van der Waals surface area contributed by atoms with Crippen LogP contribution in [-0.4, -0.2) is 115 Å². The molecule has 0 spiro atoms. The molecule has 2 saturated heterocycles. The van der Waals surface area contributed by atoms with Crippen molar-refractivity contribution < 1.29 is 47.9 Å². The van der Waals surface area contributed by atoms with Crippen molar-refractivity contribution in [1.29, 1.82) is 0 Å². The van der Waals surface area contributed by atoms with Crippen molar-refractivity contribution in [2.75, 3.05) is 0 Å². The van der Waals surface area contributed by atoms with E-state index in [1.165, 1.54) is 0 Å². The van der Waals surface area contributed by atoms with Crippen molar-refractivity contribution in [3.05, 3.63) is 0 Å². The number of fused-ring (bicyclic) bond motifs is 2. The Hall–Kier alpha value is 1.25. The van der Waals surface area contributed by atoms with Gasteiger partial charge in [0, 0.05) is 0 Å². The minimum absolute atomic E-state index is 0. The van der Waals surface area contributed by atoms with Crippen LogP contribution in [0.15, 0.2) is 0 Å². The Bertz CT molecular complexity index is 193. The third-order valence-corrected chi connectivity index (χ3v) is 1.13. The van der Waals surface area contributed by atoms with Crippen LogP contribution in [-0.2, 0) is 22.9 Å². The normalized spacial score (nSPS) is 17.3. The molecule has 2 rings (SSSR count). The Morgan fingerprint density at radius 2 is 1.00 bits per heavy atom. The van der Waals surface area contributed by atoms with Gasteiger partial charge in [0.2, 0.25) is 0 Å². The first-order valence-corrected chi connectivity index (χ1v) is 3.52. The number of hydrogen-bond acceptors (Lipinski definition) is 8. The molecule has 0 amide bonds. The van der Waals surface area contributed by atoms with Crippen LogP contribution in [0.4, 0.5) is 4.79 Å². The molecule has 2 heterocycles. The van der Waals surface area contributed by atoms with Crippen LogP contribution in [0, 0.1) is 0 Å². The van der Waals surface area contributed by atoms with E-state index in [-0.39, 0.29) is 59.1 Å². The van der Waals surface area contributed by atoms with Gasteiger partial charge in [-0.2, -0.15) is 0 Å². The van der Waals surface area contributed by atoms with Gasteiger partial charge in [0.25, 0.3) is 0 Å². The van der Waals surface area contributed by atoms with E-state index in [1.54, 1.807) is 0 Å². The maximum absolute atomic E-state index is 8.74. The molecule has 4 N–H and O–H groups in total. The van der Waals surface area contributed by atoms with E-state index in [9.17, 15) is 0 Å². The number of carboxylic acid groups (broad SMARTS) is 2. The molecular weight excluding hydrogens is 261 g/mol. The zero-order valence-electron chi connectivity index (χ0n) is 7.05. The second-order valence-corrected chi connectivity index (χ2v) is 2.15. The zero-order valence-corrected chi connectivity index (χ0v) is 7.05. The van der Waals surface area contributed by atoms with Gasteiger partial charge in [0.15, 0.2) is 0 Å². The molecule has 10 nitrogen and oxygen atoms in total. The molecule has 16 heteroatoms. The van der Waals surface area contributed by atoms with Gasteiger partial charge in [-0.3, -0.25) is 0 Å². The van der Waals surface area contributed by atoms with Crippen molar-refractivity contribution in [1.82, 2.24) is 0 Å². The van der Waals surface area contributed by atoms with Crippen molar-refractivity contribution >= 4 is 94.6 Å². The third kappa shape index (κ3) is 8.88. The zero-order chi connectivity index (χ0) is 11.4. The minimum atomic E-state index is -1.83. The molecular formula is CH6B4Na2O10. The average Bonchev–Trinajstić information content (AvgIpc) is 1.98. The fraction of sp³-hybridized carbons (Fsp3) is 0. The van der Waals surface area contributed by atoms with Crippen molar-refractivity contribution in [3.63, 3.8) is 0 Å². The van der Waals surface area contributed by atoms with Gasteiger partial charge in [0.1, 0.15) is 0 Å². The monoisotopic (exact) mass is 268 g/mol. The molecule has 0 atom stereocenters. The van der Waals surface area contributed by atoms with Crippen LogP contribution < -0.4 is 0 Å². The summed E-state index contributed by atoms with van der Waals surface area (Å²) in [7, 11) is -5.20. The molecule has 2 aliphatic heterocycles. The maximum atomic E-state index is 8.74. The number of carbonyl (C=O) groups is 1. The van der Waals surface area contributed by atoms with Gasteiger partial charge < -0.3 is 43.1 Å². The van der Waals surface area contributed by atoms with Gasteiger partial charge in [-0.25, -0.2) is 4.79 Å². The Kier molecular flexibility index (Phi) is 12.2. The van der Waals surface area contributed by atoms with Gasteiger partial charge in [0.05, 0.1) is 0 Å². The summed E-state index contributed by atoms with van der Waals surface area (Å²) in [5.74, 6) is 0. The predicted octanol–water partition coefficient (Wildman–Crippen LogP) is -4.05. The van der Waals surface area contributed by atoms with Crippen LogP contribution in [0.2, 0.25) is 0 Å². The topological polar surface area (TPSA) is 144 Å². The fourth-order valence-corrected chi connectivity index (χ4v) is 0.728. The van der Waals surface area contributed by atoms with E-state index in [2.05, 4.69) is 22.9 Å². The van der Waals surface area contributed by atoms with E-state index in [1.807, 2.05) is 0 Å². The van der Waals surface area contributed by atoms with Gasteiger partial charge in [-0.05, 0) is 0 Å². The summed E-state index contributed by atoms with van der Waals surface area (Å²) in [4.78, 5) is 8.56. The van der Waals surface area contributed by atoms with E-state index in [0.29, 0.717) is 0 Å². The molecule has 2 aliphatic rings. The Balaban J connectivity index is 0. The van der Waals surface area contributed by atoms with Crippen LogP contribution >= 0.6 is 0 Å². The molecule has 2 bridgehead atoms. The first-order valence-electron chi connectivity index (χ1n) is 3.52. The predicted molar refractivity (Wildman–Crippen MR) is 57.8 cm³/mol. The van der Waals surface area contributed by atoms with E-state index >= 15 is 0 Å². The van der Waals surface area contributed by atoms with Crippen LogP contribution in [0.3, 0.4) is 0 Å². The fourth-order valence-electron chi connectivity index (χ4n) is 0.728. The summed E-state index contributed by atoms with van der Waals surface area (Å²) < 4.78 is 22.6. The third-order valence-electron chi connectivity index (χ3n) is 1.13. The Morgan fingerprint density at radius 3 is 1.24 bits per heavy atom. The summed E-state index contributed by atoms with van der Waals surface area (Å²) in [6, 6.07) is 0. The van der Waals surface area contributed by atoms with E-state index < -0.39 is 35.4 Å². The molecule has 0 aromatic carbocycles. The Labute approximate surface area is 141 Å². The quantitative estimate of drug-likeness (QED) is 0.320. The summed E-state index contributed by atoms with van der Waals surface area (Å²) in [6.07, 6.45) is -1.83. The standard InChI is InChI=1S/CH2O3.B4H2O7.2Na.2H/c2-1(3)4;5-1-7-3-9-2(6)10-4(8-1)11-3;;;;/h(H2,2,3,4);5-6H;;;;.